The van der Waals surface area contributed by atoms with Crippen molar-refractivity contribution in [2.75, 3.05) is 6.54 Å². The van der Waals surface area contributed by atoms with Gasteiger partial charge in [0.15, 0.2) is 6.10 Å². The summed E-state index contributed by atoms with van der Waals surface area (Å²) in [5.74, 6) is 0.00908. The molecule has 0 saturated carbocycles. The number of rotatable bonds is 6. The van der Waals surface area contributed by atoms with Gasteiger partial charge in [0.25, 0.3) is 5.91 Å². The third-order valence-electron chi connectivity index (χ3n) is 3.12. The van der Waals surface area contributed by atoms with Crippen LogP contribution >= 0.6 is 11.3 Å². The lowest BCUT2D eigenvalue weighted by Gasteiger charge is -2.15. The van der Waals surface area contributed by atoms with Crippen molar-refractivity contribution in [3.63, 3.8) is 0 Å². The Kier molecular flexibility index (Phi) is 5.32. The molecule has 0 spiro atoms. The lowest BCUT2D eigenvalue weighted by atomic mass is 10.1. The van der Waals surface area contributed by atoms with Crippen LogP contribution in [0.4, 0.5) is 0 Å². The standard InChI is InChI=1S/C16H19NO2S/c1-12(10-14-8-5-9-20-14)11-17-16(19)15(18)13-6-3-2-4-7-13/h2-9,12,15,18H,10-11H2,1H3,(H,17,19). The molecule has 4 heteroatoms. The molecule has 0 radical (unpaired) electrons. The fourth-order valence-corrected chi connectivity index (χ4v) is 2.87. The molecule has 1 aromatic heterocycles. The Balaban J connectivity index is 1.80. The Labute approximate surface area is 123 Å². The fourth-order valence-electron chi connectivity index (χ4n) is 2.00. The Morgan fingerprint density at radius 1 is 1.25 bits per heavy atom. The normalized spacial score (nSPS) is 13.7. The molecule has 1 heterocycles. The molecule has 0 aliphatic carbocycles. The smallest absolute Gasteiger partial charge is 0.253 e. The molecule has 1 amide bonds. The van der Waals surface area contributed by atoms with E-state index in [2.05, 4.69) is 23.7 Å². The first-order valence-electron chi connectivity index (χ1n) is 6.70. The van der Waals surface area contributed by atoms with E-state index < -0.39 is 6.10 Å². The number of carbonyl (C=O) groups excluding carboxylic acids is 1. The third kappa shape index (κ3) is 4.18. The van der Waals surface area contributed by atoms with Gasteiger partial charge < -0.3 is 10.4 Å². The van der Waals surface area contributed by atoms with Crippen molar-refractivity contribution in [2.45, 2.75) is 19.4 Å². The van der Waals surface area contributed by atoms with Crippen LogP contribution in [0.2, 0.25) is 0 Å². The lowest BCUT2D eigenvalue weighted by Crippen LogP contribution is -2.33. The maximum absolute atomic E-state index is 11.9. The van der Waals surface area contributed by atoms with E-state index in [-0.39, 0.29) is 5.91 Å². The molecule has 2 atom stereocenters. The number of aliphatic hydroxyl groups is 1. The molecular weight excluding hydrogens is 270 g/mol. The van der Waals surface area contributed by atoms with Crippen molar-refractivity contribution in [1.29, 1.82) is 0 Å². The van der Waals surface area contributed by atoms with Gasteiger partial charge in [0, 0.05) is 11.4 Å². The van der Waals surface area contributed by atoms with E-state index in [4.69, 9.17) is 0 Å². The van der Waals surface area contributed by atoms with Crippen molar-refractivity contribution in [3.05, 3.63) is 58.3 Å². The van der Waals surface area contributed by atoms with Gasteiger partial charge >= 0.3 is 0 Å². The highest BCUT2D eigenvalue weighted by Crippen LogP contribution is 2.15. The molecule has 2 unspecified atom stereocenters. The number of carbonyl (C=O) groups is 1. The second-order valence-corrected chi connectivity index (χ2v) is 5.98. The number of benzene rings is 1. The molecule has 20 heavy (non-hydrogen) atoms. The van der Waals surface area contributed by atoms with Gasteiger partial charge in [-0.1, -0.05) is 43.3 Å². The fraction of sp³-hybridized carbons (Fsp3) is 0.312. The summed E-state index contributed by atoms with van der Waals surface area (Å²) in [5.41, 5.74) is 0.621. The summed E-state index contributed by atoms with van der Waals surface area (Å²) in [6, 6.07) is 13.1. The highest BCUT2D eigenvalue weighted by atomic mass is 32.1. The van der Waals surface area contributed by atoms with Gasteiger partial charge in [-0.3, -0.25) is 4.79 Å². The Morgan fingerprint density at radius 2 is 2.00 bits per heavy atom. The average Bonchev–Trinajstić information content (AvgIpc) is 2.97. The van der Waals surface area contributed by atoms with Crippen LogP contribution < -0.4 is 5.32 Å². The van der Waals surface area contributed by atoms with Gasteiger partial charge in [0.05, 0.1) is 0 Å². The molecule has 0 aliphatic heterocycles. The number of amides is 1. The van der Waals surface area contributed by atoms with Crippen LogP contribution in [0.1, 0.15) is 23.5 Å². The van der Waals surface area contributed by atoms with E-state index in [1.165, 1.54) is 4.88 Å². The summed E-state index contributed by atoms with van der Waals surface area (Å²) in [7, 11) is 0. The molecule has 106 valence electrons. The molecule has 2 rings (SSSR count). The Morgan fingerprint density at radius 3 is 2.65 bits per heavy atom. The molecule has 1 aromatic carbocycles. The summed E-state index contributed by atoms with van der Waals surface area (Å²) < 4.78 is 0. The third-order valence-corrected chi connectivity index (χ3v) is 4.02. The van der Waals surface area contributed by atoms with Crippen LogP contribution in [-0.4, -0.2) is 17.6 Å². The molecule has 0 saturated heterocycles. The van der Waals surface area contributed by atoms with E-state index in [0.29, 0.717) is 18.0 Å². The predicted octanol–water partition coefficient (Wildman–Crippen LogP) is 2.78. The second kappa shape index (κ2) is 7.22. The highest BCUT2D eigenvalue weighted by molar-refractivity contribution is 7.09. The SMILES string of the molecule is CC(CNC(=O)C(O)c1ccccc1)Cc1cccs1. The Hall–Kier alpha value is -1.65. The number of thiophene rings is 1. The van der Waals surface area contributed by atoms with Gasteiger partial charge in [-0.15, -0.1) is 11.3 Å². The zero-order valence-electron chi connectivity index (χ0n) is 11.5. The van der Waals surface area contributed by atoms with E-state index in [0.717, 1.165) is 6.42 Å². The summed E-state index contributed by atoms with van der Waals surface area (Å²) in [5, 5.41) is 14.8. The highest BCUT2D eigenvalue weighted by Gasteiger charge is 2.17. The van der Waals surface area contributed by atoms with E-state index >= 15 is 0 Å². The lowest BCUT2D eigenvalue weighted by molar-refractivity contribution is -0.129. The van der Waals surface area contributed by atoms with Gasteiger partial charge in [0.1, 0.15) is 0 Å². The van der Waals surface area contributed by atoms with Gasteiger partial charge in [0.2, 0.25) is 0 Å². The monoisotopic (exact) mass is 289 g/mol. The minimum atomic E-state index is -1.09. The quantitative estimate of drug-likeness (QED) is 0.859. The van der Waals surface area contributed by atoms with E-state index in [9.17, 15) is 9.90 Å². The summed E-state index contributed by atoms with van der Waals surface area (Å²) in [4.78, 5) is 13.2. The first-order chi connectivity index (χ1) is 9.66. The molecule has 2 N–H and O–H groups in total. The van der Waals surface area contributed by atoms with Crippen molar-refractivity contribution in [2.24, 2.45) is 5.92 Å². The van der Waals surface area contributed by atoms with Gasteiger partial charge in [-0.05, 0) is 29.3 Å². The molecule has 2 aromatic rings. The largest absolute Gasteiger partial charge is 0.378 e. The molecule has 0 fully saturated rings. The van der Waals surface area contributed by atoms with Gasteiger partial charge in [-0.2, -0.15) is 0 Å². The number of hydrogen-bond acceptors (Lipinski definition) is 3. The molecule has 3 nitrogen and oxygen atoms in total. The zero-order chi connectivity index (χ0) is 14.4. The Bertz CT molecular complexity index is 525. The number of nitrogens with one attached hydrogen (secondary N) is 1. The van der Waals surface area contributed by atoms with Crippen molar-refractivity contribution < 1.29 is 9.90 Å². The van der Waals surface area contributed by atoms with Crippen LogP contribution in [0.3, 0.4) is 0 Å². The second-order valence-electron chi connectivity index (χ2n) is 4.95. The van der Waals surface area contributed by atoms with Crippen LogP contribution in [0.5, 0.6) is 0 Å². The molecule has 0 bridgehead atoms. The van der Waals surface area contributed by atoms with Crippen molar-refractivity contribution in [3.8, 4) is 0 Å². The van der Waals surface area contributed by atoms with Crippen LogP contribution in [0.25, 0.3) is 0 Å². The van der Waals surface area contributed by atoms with E-state index in [1.807, 2.05) is 24.3 Å². The van der Waals surface area contributed by atoms with Crippen LogP contribution in [0.15, 0.2) is 47.8 Å². The van der Waals surface area contributed by atoms with Crippen LogP contribution in [0, 0.1) is 5.92 Å². The maximum atomic E-state index is 11.9. The number of hydrogen-bond donors (Lipinski definition) is 2. The summed E-state index contributed by atoms with van der Waals surface area (Å²) >= 11 is 1.73. The molecular formula is C16H19NO2S. The minimum absolute atomic E-state index is 0.339. The van der Waals surface area contributed by atoms with Crippen LogP contribution in [-0.2, 0) is 11.2 Å². The minimum Gasteiger partial charge on any atom is -0.378 e. The molecule has 0 aliphatic rings. The zero-order valence-corrected chi connectivity index (χ0v) is 12.3. The van der Waals surface area contributed by atoms with Crippen molar-refractivity contribution in [1.82, 2.24) is 5.32 Å². The number of aliphatic hydroxyl groups excluding tert-OH is 1. The maximum Gasteiger partial charge on any atom is 0.253 e. The average molecular weight is 289 g/mol. The first kappa shape index (κ1) is 14.8. The summed E-state index contributed by atoms with van der Waals surface area (Å²) in [6.07, 6.45) is -0.149. The van der Waals surface area contributed by atoms with Crippen molar-refractivity contribution >= 4 is 17.2 Å². The topological polar surface area (TPSA) is 49.3 Å². The van der Waals surface area contributed by atoms with Gasteiger partial charge in [-0.25, -0.2) is 0 Å². The first-order valence-corrected chi connectivity index (χ1v) is 7.58. The predicted molar refractivity (Wildman–Crippen MR) is 81.6 cm³/mol. The summed E-state index contributed by atoms with van der Waals surface area (Å²) in [6.45, 7) is 2.66. The van der Waals surface area contributed by atoms with E-state index in [1.54, 1.807) is 23.5 Å².